The van der Waals surface area contributed by atoms with Gasteiger partial charge in [0.1, 0.15) is 19.3 Å². The zero-order valence-electron chi connectivity index (χ0n) is 58.1. The third kappa shape index (κ3) is 64.6. The Bertz CT molecular complexity index is 1760. The van der Waals surface area contributed by atoms with Gasteiger partial charge >= 0.3 is 39.5 Å². The van der Waals surface area contributed by atoms with Gasteiger partial charge in [0.25, 0.3) is 0 Å². The highest BCUT2D eigenvalue weighted by molar-refractivity contribution is 7.47. The minimum Gasteiger partial charge on any atom is -0.462 e. The van der Waals surface area contributed by atoms with Gasteiger partial charge in [0.2, 0.25) is 0 Å². The Morgan fingerprint density at radius 1 is 0.281 bits per heavy atom. The van der Waals surface area contributed by atoms with E-state index >= 15 is 0 Å². The summed E-state index contributed by atoms with van der Waals surface area (Å²) in [7, 11) is -9.90. The monoisotopic (exact) mass is 1310 g/mol. The molecule has 0 aliphatic rings. The molecule has 0 saturated heterocycles. The Labute approximate surface area is 543 Å². The normalized spacial score (nSPS) is 14.3. The van der Waals surface area contributed by atoms with Gasteiger partial charge in [0.15, 0.2) is 12.2 Å². The minimum atomic E-state index is -4.95. The van der Waals surface area contributed by atoms with Crippen LogP contribution < -0.4 is 0 Å². The molecule has 0 aliphatic heterocycles. The lowest BCUT2D eigenvalue weighted by Gasteiger charge is -2.21. The van der Waals surface area contributed by atoms with Crippen LogP contribution in [0, 0.1) is 23.7 Å². The number of aliphatic hydroxyl groups is 1. The van der Waals surface area contributed by atoms with Crippen molar-refractivity contribution in [1.82, 2.24) is 0 Å². The molecule has 0 radical (unpaired) electrons. The maximum Gasteiger partial charge on any atom is 0.472 e. The van der Waals surface area contributed by atoms with Crippen LogP contribution in [0.15, 0.2) is 0 Å². The van der Waals surface area contributed by atoms with Crippen molar-refractivity contribution >= 4 is 39.5 Å². The van der Waals surface area contributed by atoms with Gasteiger partial charge in [-0.15, -0.1) is 0 Å². The maximum absolute atomic E-state index is 13.0. The van der Waals surface area contributed by atoms with E-state index in [1.165, 1.54) is 141 Å². The summed E-state index contributed by atoms with van der Waals surface area (Å²) in [6, 6.07) is 0. The topological polar surface area (TPSA) is 237 Å². The van der Waals surface area contributed by atoms with E-state index in [1.807, 2.05) is 0 Å². The van der Waals surface area contributed by atoms with Gasteiger partial charge in [0, 0.05) is 25.7 Å². The van der Waals surface area contributed by atoms with E-state index in [0.717, 1.165) is 114 Å². The molecule has 0 saturated carbocycles. The average molecular weight is 1310 g/mol. The maximum atomic E-state index is 13.0. The first-order chi connectivity index (χ1) is 42.6. The van der Waals surface area contributed by atoms with Crippen LogP contribution in [-0.4, -0.2) is 96.7 Å². The molecule has 0 aromatic heterocycles. The zero-order chi connectivity index (χ0) is 66.1. The number of hydrogen-bond acceptors (Lipinski definition) is 15. The Morgan fingerprint density at radius 3 is 0.697 bits per heavy atom. The Balaban J connectivity index is 5.25. The Hall–Kier alpha value is -1.94. The van der Waals surface area contributed by atoms with Crippen molar-refractivity contribution in [2.75, 3.05) is 39.6 Å². The lowest BCUT2D eigenvalue weighted by molar-refractivity contribution is -0.161. The predicted molar refractivity (Wildman–Crippen MR) is 358 cm³/mol. The summed E-state index contributed by atoms with van der Waals surface area (Å²) < 4.78 is 68.3. The summed E-state index contributed by atoms with van der Waals surface area (Å²) in [5.74, 6) is 0.823. The number of esters is 4. The number of phosphoric ester groups is 2. The van der Waals surface area contributed by atoms with E-state index in [4.69, 9.17) is 37.0 Å². The number of ether oxygens (including phenoxy) is 4. The average Bonchev–Trinajstić information content (AvgIpc) is 3.69. The molecule has 0 bridgehead atoms. The third-order valence-electron chi connectivity index (χ3n) is 16.1. The Morgan fingerprint density at radius 2 is 0.472 bits per heavy atom. The lowest BCUT2D eigenvalue weighted by Crippen LogP contribution is -2.30. The number of hydrogen-bond donors (Lipinski definition) is 3. The zero-order valence-corrected chi connectivity index (χ0v) is 59.8. The predicted octanol–water partition coefficient (Wildman–Crippen LogP) is 19.7. The highest BCUT2D eigenvalue weighted by Crippen LogP contribution is 2.45. The van der Waals surface area contributed by atoms with Crippen LogP contribution in [-0.2, 0) is 65.4 Å². The fraction of sp³-hybridized carbons (Fsp3) is 0.943. The van der Waals surface area contributed by atoms with Gasteiger partial charge in [-0.25, -0.2) is 9.13 Å². The molecule has 0 aliphatic carbocycles. The van der Waals surface area contributed by atoms with Crippen molar-refractivity contribution in [3.63, 3.8) is 0 Å². The van der Waals surface area contributed by atoms with Gasteiger partial charge in [-0.2, -0.15) is 0 Å². The summed E-state index contributed by atoms with van der Waals surface area (Å²) in [6.45, 7) is 14.1. The summed E-state index contributed by atoms with van der Waals surface area (Å²) in [5, 5.41) is 10.6. The van der Waals surface area contributed by atoms with Crippen LogP contribution in [0.25, 0.3) is 0 Å². The molecule has 0 heterocycles. The van der Waals surface area contributed by atoms with Crippen molar-refractivity contribution in [2.24, 2.45) is 23.7 Å². The van der Waals surface area contributed by atoms with Gasteiger partial charge in [-0.1, -0.05) is 293 Å². The summed E-state index contributed by atoms with van der Waals surface area (Å²) >= 11 is 0. The second-order valence-corrected chi connectivity index (χ2v) is 30.1. The first-order valence-corrected chi connectivity index (χ1v) is 39.2. The van der Waals surface area contributed by atoms with Gasteiger partial charge in [-0.3, -0.25) is 37.3 Å². The van der Waals surface area contributed by atoms with E-state index in [1.54, 1.807) is 0 Å². The molecule has 89 heavy (non-hydrogen) atoms. The number of carbonyl (C=O) groups is 4. The highest BCUT2D eigenvalue weighted by atomic mass is 31.2. The smallest absolute Gasteiger partial charge is 0.462 e. The number of carbonyl (C=O) groups excluding carboxylic acids is 4. The first kappa shape index (κ1) is 87.1. The molecule has 17 nitrogen and oxygen atoms in total. The van der Waals surface area contributed by atoms with Crippen LogP contribution in [0.5, 0.6) is 0 Å². The number of phosphoric acid groups is 2. The van der Waals surface area contributed by atoms with Crippen molar-refractivity contribution in [3.05, 3.63) is 0 Å². The Kier molecular flexibility index (Phi) is 58.5. The van der Waals surface area contributed by atoms with Crippen molar-refractivity contribution in [3.8, 4) is 0 Å². The quantitative estimate of drug-likeness (QED) is 0.0222. The highest BCUT2D eigenvalue weighted by Gasteiger charge is 2.30. The lowest BCUT2D eigenvalue weighted by atomic mass is 10.0. The number of rotatable bonds is 67. The van der Waals surface area contributed by atoms with Crippen molar-refractivity contribution in [2.45, 2.75) is 363 Å². The summed E-state index contributed by atoms with van der Waals surface area (Å²) in [6.07, 6.45) is 41.8. The second kappa shape index (κ2) is 59.8. The molecule has 2 unspecified atom stereocenters. The molecular formula is C70H136O17P2. The van der Waals surface area contributed by atoms with Crippen LogP contribution in [0.2, 0.25) is 0 Å². The molecular weight excluding hydrogens is 1170 g/mol. The van der Waals surface area contributed by atoms with E-state index in [0.29, 0.717) is 31.6 Å². The van der Waals surface area contributed by atoms with Crippen LogP contribution in [0.4, 0.5) is 0 Å². The third-order valence-corrected chi connectivity index (χ3v) is 18.0. The molecule has 5 atom stereocenters. The van der Waals surface area contributed by atoms with Gasteiger partial charge in [0.05, 0.1) is 26.4 Å². The van der Waals surface area contributed by atoms with Crippen LogP contribution in [0.1, 0.15) is 344 Å². The van der Waals surface area contributed by atoms with E-state index in [2.05, 4.69) is 55.4 Å². The molecule has 0 spiro atoms. The fourth-order valence-electron chi connectivity index (χ4n) is 10.5. The molecule has 0 amide bonds. The standard InChI is InChI=1S/C70H136O17P2/c1-60(2)46-38-30-22-16-11-9-13-19-26-36-44-52-69(74)86-65(56-80-67(72)50-42-34-25-21-15-18-24-32-40-48-62(5)6)58-84-88(76,77)82-54-64(71)55-83-89(78,79)85-59-66(57-81-68(73)51-43-35-29-28-33-41-49-63(7)8)87-70(75)53-45-37-27-20-14-10-12-17-23-31-39-47-61(3)4/h60-66,71H,9-59H2,1-8H3,(H,76,77)(H,78,79)/t64-,65-,66-/m1/s1. The number of unbranched alkanes of at least 4 members (excludes halogenated alkanes) is 33. The van der Waals surface area contributed by atoms with Crippen LogP contribution in [0.3, 0.4) is 0 Å². The van der Waals surface area contributed by atoms with E-state index in [9.17, 15) is 43.2 Å². The number of aliphatic hydroxyl groups excluding tert-OH is 1. The fourth-order valence-corrected chi connectivity index (χ4v) is 12.1. The summed E-state index contributed by atoms with van der Waals surface area (Å²) in [5.41, 5.74) is 0. The van der Waals surface area contributed by atoms with Gasteiger partial charge < -0.3 is 33.8 Å². The molecule has 0 rings (SSSR count). The molecule has 0 fully saturated rings. The summed E-state index contributed by atoms with van der Waals surface area (Å²) in [4.78, 5) is 72.5. The second-order valence-electron chi connectivity index (χ2n) is 27.2. The molecule has 3 N–H and O–H groups in total. The van der Waals surface area contributed by atoms with Crippen molar-refractivity contribution in [1.29, 1.82) is 0 Å². The van der Waals surface area contributed by atoms with E-state index in [-0.39, 0.29) is 25.7 Å². The largest absolute Gasteiger partial charge is 0.472 e. The van der Waals surface area contributed by atoms with Crippen molar-refractivity contribution < 1.29 is 80.2 Å². The molecule has 0 aromatic rings. The first-order valence-electron chi connectivity index (χ1n) is 36.2. The molecule has 19 heteroatoms. The van der Waals surface area contributed by atoms with E-state index < -0.39 is 97.5 Å². The van der Waals surface area contributed by atoms with Crippen LogP contribution >= 0.6 is 15.6 Å². The molecule has 528 valence electrons. The SMILES string of the molecule is CC(C)CCCCCCCCCCCCCC(=O)O[C@H](COC(=O)CCCCCCCCCCCC(C)C)COP(=O)(O)OC[C@@H](O)COP(=O)(O)OC[C@@H](COC(=O)CCCCCCCCC(C)C)OC(=O)CCCCCCCCCCCCCC(C)C. The molecule has 0 aromatic carbocycles. The van der Waals surface area contributed by atoms with Gasteiger partial charge in [-0.05, 0) is 49.4 Å². The minimum absolute atomic E-state index is 0.105.